The molecule has 0 radical (unpaired) electrons. The van der Waals surface area contributed by atoms with E-state index in [-0.39, 0.29) is 17.5 Å². The van der Waals surface area contributed by atoms with Crippen LogP contribution in [0.3, 0.4) is 0 Å². The predicted octanol–water partition coefficient (Wildman–Crippen LogP) is 2.91. The van der Waals surface area contributed by atoms with E-state index in [1.54, 1.807) is 0 Å². The third-order valence-electron chi connectivity index (χ3n) is 4.05. The zero-order chi connectivity index (χ0) is 17.3. The Balaban J connectivity index is 1.84. The molecule has 3 rings (SSSR count). The van der Waals surface area contributed by atoms with Gasteiger partial charge in [-0.3, -0.25) is 15.2 Å². The van der Waals surface area contributed by atoms with Gasteiger partial charge >= 0.3 is 5.97 Å². The highest BCUT2D eigenvalue weighted by Gasteiger charge is 2.25. The van der Waals surface area contributed by atoms with Gasteiger partial charge in [0.25, 0.3) is 5.91 Å². The first kappa shape index (κ1) is 16.6. The van der Waals surface area contributed by atoms with Gasteiger partial charge in [-0.2, -0.15) is 5.10 Å². The molecule has 0 fully saturated rings. The summed E-state index contributed by atoms with van der Waals surface area (Å²) in [4.78, 5) is 29.4. The minimum absolute atomic E-state index is 0.111. The van der Waals surface area contributed by atoms with Gasteiger partial charge in [-0.25, -0.2) is 9.78 Å². The monoisotopic (exact) mass is 348 g/mol. The molecule has 0 spiro atoms. The number of H-pyrrole nitrogens is 1. The number of anilines is 1. The third kappa shape index (κ3) is 3.06. The van der Waals surface area contributed by atoms with Crippen LogP contribution in [0.2, 0.25) is 0 Å². The van der Waals surface area contributed by atoms with Crippen molar-refractivity contribution in [2.45, 2.75) is 45.4 Å². The topological polar surface area (TPSA) is 97.0 Å². The number of hydrogen-bond donors (Lipinski definition) is 2. The Morgan fingerprint density at radius 2 is 2.00 bits per heavy atom. The van der Waals surface area contributed by atoms with E-state index in [0.29, 0.717) is 10.8 Å². The number of fused-ring (bicyclic) bond motifs is 1. The standard InChI is InChI=1S/C16H20N4O3S/c1-8(2)13-12(15(22)23-3)17-16(24-13)18-14(21)11-9-6-4-5-7-10(9)19-20-11/h8H,4-7H2,1-3H3,(H,19,20)(H,17,18,21). The van der Waals surface area contributed by atoms with E-state index in [4.69, 9.17) is 4.74 Å². The van der Waals surface area contributed by atoms with E-state index in [1.807, 2.05) is 13.8 Å². The molecule has 0 unspecified atom stereocenters. The normalized spacial score (nSPS) is 13.7. The van der Waals surface area contributed by atoms with Gasteiger partial charge in [-0.1, -0.05) is 13.8 Å². The van der Waals surface area contributed by atoms with Crippen molar-refractivity contribution in [1.29, 1.82) is 0 Å². The first-order valence-corrected chi connectivity index (χ1v) is 8.79. The van der Waals surface area contributed by atoms with Crippen molar-refractivity contribution in [2.24, 2.45) is 0 Å². The van der Waals surface area contributed by atoms with Crippen molar-refractivity contribution in [1.82, 2.24) is 15.2 Å². The number of ether oxygens (including phenoxy) is 1. The molecule has 0 saturated carbocycles. The van der Waals surface area contributed by atoms with E-state index >= 15 is 0 Å². The molecule has 128 valence electrons. The second-order valence-corrected chi connectivity index (χ2v) is 7.10. The lowest BCUT2D eigenvalue weighted by Gasteiger charge is -2.10. The van der Waals surface area contributed by atoms with Crippen LogP contribution in [-0.4, -0.2) is 34.2 Å². The molecule has 1 aliphatic rings. The Morgan fingerprint density at radius 3 is 2.71 bits per heavy atom. The summed E-state index contributed by atoms with van der Waals surface area (Å²) < 4.78 is 4.77. The van der Waals surface area contributed by atoms with E-state index in [1.165, 1.54) is 18.4 Å². The van der Waals surface area contributed by atoms with Crippen LogP contribution in [0, 0.1) is 0 Å². The lowest BCUT2D eigenvalue weighted by atomic mass is 9.96. The molecule has 2 aromatic heterocycles. The van der Waals surface area contributed by atoms with Crippen molar-refractivity contribution in [3.63, 3.8) is 0 Å². The summed E-state index contributed by atoms with van der Waals surface area (Å²) in [6.45, 7) is 3.94. The Labute approximate surface area is 143 Å². The number of carbonyl (C=O) groups is 2. The minimum atomic E-state index is -0.493. The van der Waals surface area contributed by atoms with Gasteiger partial charge in [0.05, 0.1) is 7.11 Å². The molecule has 2 heterocycles. The number of aromatic amines is 1. The van der Waals surface area contributed by atoms with Gasteiger partial charge in [0.1, 0.15) is 0 Å². The quantitative estimate of drug-likeness (QED) is 0.828. The van der Waals surface area contributed by atoms with E-state index < -0.39 is 5.97 Å². The largest absolute Gasteiger partial charge is 0.464 e. The lowest BCUT2D eigenvalue weighted by molar-refractivity contribution is 0.0593. The first-order valence-electron chi connectivity index (χ1n) is 7.97. The van der Waals surface area contributed by atoms with E-state index in [0.717, 1.165) is 41.8 Å². The van der Waals surface area contributed by atoms with Crippen LogP contribution >= 0.6 is 11.3 Å². The van der Waals surface area contributed by atoms with Gasteiger partial charge < -0.3 is 4.74 Å². The van der Waals surface area contributed by atoms with Crippen LogP contribution in [0.15, 0.2) is 0 Å². The van der Waals surface area contributed by atoms with Crippen molar-refractivity contribution in [3.05, 3.63) is 27.5 Å². The summed E-state index contributed by atoms with van der Waals surface area (Å²) in [7, 11) is 1.32. The average molecular weight is 348 g/mol. The number of carbonyl (C=O) groups excluding carboxylic acids is 2. The molecule has 24 heavy (non-hydrogen) atoms. The maximum Gasteiger partial charge on any atom is 0.357 e. The maximum atomic E-state index is 12.5. The van der Waals surface area contributed by atoms with Gasteiger partial charge in [0.2, 0.25) is 0 Å². The molecule has 0 saturated heterocycles. The molecule has 7 nitrogen and oxygen atoms in total. The molecule has 8 heteroatoms. The van der Waals surface area contributed by atoms with Crippen LogP contribution in [0.25, 0.3) is 0 Å². The van der Waals surface area contributed by atoms with Crippen LogP contribution in [-0.2, 0) is 17.6 Å². The molecule has 0 atom stereocenters. The number of aromatic nitrogens is 3. The highest BCUT2D eigenvalue weighted by atomic mass is 32.1. The summed E-state index contributed by atoms with van der Waals surface area (Å²) in [6.07, 6.45) is 3.96. The highest BCUT2D eigenvalue weighted by Crippen LogP contribution is 2.31. The molecular formula is C16H20N4O3S. The number of esters is 1. The molecule has 0 aliphatic heterocycles. The van der Waals surface area contributed by atoms with Crippen molar-refractivity contribution < 1.29 is 14.3 Å². The smallest absolute Gasteiger partial charge is 0.357 e. The fraction of sp³-hybridized carbons (Fsp3) is 0.500. The molecule has 1 aliphatic carbocycles. The molecule has 0 bridgehead atoms. The molecular weight excluding hydrogens is 328 g/mol. The Bertz CT molecular complexity index is 778. The lowest BCUT2D eigenvalue weighted by Crippen LogP contribution is -2.15. The molecule has 0 aromatic carbocycles. The summed E-state index contributed by atoms with van der Waals surface area (Å²) in [5.74, 6) is -0.678. The van der Waals surface area contributed by atoms with Crippen LogP contribution in [0.1, 0.15) is 69.7 Å². The SMILES string of the molecule is COC(=O)c1nc(NC(=O)c2n[nH]c3c2CCCC3)sc1C(C)C. The number of aryl methyl sites for hydroxylation is 1. The zero-order valence-corrected chi connectivity index (χ0v) is 14.7. The number of thiazole rings is 1. The number of nitrogens with zero attached hydrogens (tertiary/aromatic N) is 2. The minimum Gasteiger partial charge on any atom is -0.464 e. The first-order chi connectivity index (χ1) is 11.5. The Hall–Kier alpha value is -2.22. The number of methoxy groups -OCH3 is 1. The van der Waals surface area contributed by atoms with Gasteiger partial charge in [-0.15, -0.1) is 11.3 Å². The Morgan fingerprint density at radius 1 is 1.25 bits per heavy atom. The van der Waals surface area contributed by atoms with E-state index in [2.05, 4.69) is 20.5 Å². The summed E-state index contributed by atoms with van der Waals surface area (Å²) >= 11 is 1.29. The average Bonchev–Trinajstić information content (AvgIpc) is 3.18. The summed E-state index contributed by atoms with van der Waals surface area (Å²) in [5, 5.41) is 10.3. The predicted molar refractivity (Wildman–Crippen MR) is 90.7 cm³/mol. The second kappa shape index (κ2) is 6.72. The fourth-order valence-electron chi connectivity index (χ4n) is 2.84. The van der Waals surface area contributed by atoms with Crippen molar-refractivity contribution in [3.8, 4) is 0 Å². The van der Waals surface area contributed by atoms with Crippen molar-refractivity contribution >= 4 is 28.3 Å². The zero-order valence-electron chi connectivity index (χ0n) is 13.9. The number of nitrogens with one attached hydrogen (secondary N) is 2. The van der Waals surface area contributed by atoms with Crippen molar-refractivity contribution in [2.75, 3.05) is 12.4 Å². The maximum absolute atomic E-state index is 12.5. The third-order valence-corrected chi connectivity index (χ3v) is 5.32. The summed E-state index contributed by atoms with van der Waals surface area (Å²) in [6, 6.07) is 0. The van der Waals surface area contributed by atoms with Crippen LogP contribution in [0.5, 0.6) is 0 Å². The second-order valence-electron chi connectivity index (χ2n) is 6.07. The van der Waals surface area contributed by atoms with Gasteiger partial charge in [0.15, 0.2) is 16.5 Å². The van der Waals surface area contributed by atoms with Gasteiger partial charge in [-0.05, 0) is 31.6 Å². The molecule has 2 aromatic rings. The Kier molecular flexibility index (Phi) is 4.66. The van der Waals surface area contributed by atoms with Crippen LogP contribution in [0.4, 0.5) is 5.13 Å². The molecule has 2 N–H and O–H groups in total. The number of hydrogen-bond acceptors (Lipinski definition) is 6. The number of amides is 1. The van der Waals surface area contributed by atoms with E-state index in [9.17, 15) is 9.59 Å². The number of rotatable bonds is 4. The highest BCUT2D eigenvalue weighted by molar-refractivity contribution is 7.16. The summed E-state index contributed by atoms with van der Waals surface area (Å²) in [5.41, 5.74) is 2.72. The van der Waals surface area contributed by atoms with Gasteiger partial charge in [0, 0.05) is 16.1 Å². The van der Waals surface area contributed by atoms with Crippen LogP contribution < -0.4 is 5.32 Å². The molecule has 1 amide bonds. The fourth-order valence-corrected chi connectivity index (χ4v) is 3.79.